The summed E-state index contributed by atoms with van der Waals surface area (Å²) in [6.07, 6.45) is 1.66. The molecular formula is C14H15N3O3. The zero-order valence-corrected chi connectivity index (χ0v) is 11.1. The molecule has 6 heteroatoms. The van der Waals surface area contributed by atoms with E-state index in [1.54, 1.807) is 18.3 Å². The van der Waals surface area contributed by atoms with Crippen LogP contribution in [0.2, 0.25) is 0 Å². The Hall–Kier alpha value is -2.47. The van der Waals surface area contributed by atoms with E-state index < -0.39 is 4.92 Å². The van der Waals surface area contributed by atoms with Gasteiger partial charge in [-0.1, -0.05) is 12.1 Å². The van der Waals surface area contributed by atoms with Crippen molar-refractivity contribution in [3.8, 4) is 5.75 Å². The van der Waals surface area contributed by atoms with E-state index in [9.17, 15) is 10.1 Å². The molecule has 0 aliphatic heterocycles. The number of hydrogen-bond acceptors (Lipinski definition) is 5. The summed E-state index contributed by atoms with van der Waals surface area (Å²) in [6, 6.07) is 8.36. The van der Waals surface area contributed by atoms with Crippen LogP contribution in [-0.4, -0.2) is 9.91 Å². The average molecular weight is 273 g/mol. The van der Waals surface area contributed by atoms with Crippen LogP contribution in [0.3, 0.4) is 0 Å². The van der Waals surface area contributed by atoms with E-state index >= 15 is 0 Å². The Kier molecular flexibility index (Phi) is 4.27. The molecule has 2 rings (SSSR count). The minimum atomic E-state index is -0.471. The van der Waals surface area contributed by atoms with Gasteiger partial charge in [0.15, 0.2) is 5.75 Å². The zero-order valence-electron chi connectivity index (χ0n) is 11.1. The molecule has 1 heterocycles. The van der Waals surface area contributed by atoms with E-state index in [4.69, 9.17) is 10.5 Å². The molecule has 0 bridgehead atoms. The maximum atomic E-state index is 11.0. The molecule has 0 aliphatic rings. The van der Waals surface area contributed by atoms with Gasteiger partial charge in [-0.15, -0.1) is 0 Å². The Morgan fingerprint density at radius 1 is 1.40 bits per heavy atom. The Labute approximate surface area is 116 Å². The van der Waals surface area contributed by atoms with E-state index in [2.05, 4.69) is 4.98 Å². The smallest absolute Gasteiger partial charge is 0.310 e. The number of nitro benzene ring substituents is 1. The first kappa shape index (κ1) is 14.0. The van der Waals surface area contributed by atoms with Crippen molar-refractivity contribution in [3.63, 3.8) is 0 Å². The number of pyridine rings is 1. The molecule has 6 nitrogen and oxygen atoms in total. The average Bonchev–Trinajstić information content (AvgIpc) is 2.46. The van der Waals surface area contributed by atoms with Crippen molar-refractivity contribution < 1.29 is 9.66 Å². The van der Waals surface area contributed by atoms with E-state index in [-0.39, 0.29) is 18.0 Å². The molecule has 2 aromatic rings. The number of aromatic nitrogens is 1. The number of benzene rings is 1. The highest BCUT2D eigenvalue weighted by molar-refractivity contribution is 5.48. The Bertz CT molecular complexity index is 629. The number of nitrogens with two attached hydrogens (primary N) is 1. The summed E-state index contributed by atoms with van der Waals surface area (Å²) in [7, 11) is 0. The quantitative estimate of drug-likeness (QED) is 0.666. The third-order valence-electron chi connectivity index (χ3n) is 2.94. The third-order valence-corrected chi connectivity index (χ3v) is 2.94. The highest BCUT2D eigenvalue weighted by atomic mass is 16.6. The number of nitrogens with zero attached hydrogens (tertiary/aromatic N) is 2. The monoisotopic (exact) mass is 273 g/mol. The van der Waals surface area contributed by atoms with Crippen LogP contribution < -0.4 is 10.5 Å². The van der Waals surface area contributed by atoms with E-state index in [0.717, 1.165) is 16.8 Å². The van der Waals surface area contributed by atoms with Crippen LogP contribution in [0.15, 0.2) is 36.5 Å². The molecule has 0 spiro atoms. The van der Waals surface area contributed by atoms with Crippen LogP contribution in [0.4, 0.5) is 5.69 Å². The molecule has 1 aromatic heterocycles. The van der Waals surface area contributed by atoms with Crippen molar-refractivity contribution in [3.05, 3.63) is 63.5 Å². The second-order valence-electron chi connectivity index (χ2n) is 4.32. The fraction of sp³-hybridized carbons (Fsp3) is 0.214. The van der Waals surface area contributed by atoms with Crippen molar-refractivity contribution in [2.24, 2.45) is 5.73 Å². The summed E-state index contributed by atoms with van der Waals surface area (Å²) >= 11 is 0. The van der Waals surface area contributed by atoms with E-state index in [0.29, 0.717) is 6.54 Å². The van der Waals surface area contributed by atoms with Gasteiger partial charge in [-0.2, -0.15) is 0 Å². The molecule has 0 fully saturated rings. The minimum Gasteiger partial charge on any atom is -0.480 e. The topological polar surface area (TPSA) is 91.3 Å². The van der Waals surface area contributed by atoms with Crippen molar-refractivity contribution in [2.45, 2.75) is 20.1 Å². The third kappa shape index (κ3) is 3.10. The predicted octanol–water partition coefficient (Wildman–Crippen LogP) is 2.34. The van der Waals surface area contributed by atoms with Crippen molar-refractivity contribution in [1.29, 1.82) is 0 Å². The van der Waals surface area contributed by atoms with Gasteiger partial charge >= 0.3 is 5.69 Å². The van der Waals surface area contributed by atoms with Crippen molar-refractivity contribution in [1.82, 2.24) is 4.98 Å². The van der Waals surface area contributed by atoms with Crippen LogP contribution in [0.25, 0.3) is 0 Å². The van der Waals surface area contributed by atoms with Crippen LogP contribution in [0.1, 0.15) is 16.8 Å². The number of hydrogen-bond donors (Lipinski definition) is 1. The standard InChI is InChI=1S/C14H15N3O3/c1-10-3-2-6-16-12(10)9-20-14-7-11(8-15)4-5-13(14)17(18)19/h2-7H,8-9,15H2,1H3. The molecule has 0 amide bonds. The maximum Gasteiger partial charge on any atom is 0.310 e. The Morgan fingerprint density at radius 2 is 2.20 bits per heavy atom. The van der Waals surface area contributed by atoms with Crippen LogP contribution in [0, 0.1) is 17.0 Å². The number of nitro groups is 1. The Morgan fingerprint density at radius 3 is 2.85 bits per heavy atom. The molecule has 104 valence electrons. The number of rotatable bonds is 5. The minimum absolute atomic E-state index is 0.0733. The lowest BCUT2D eigenvalue weighted by atomic mass is 10.2. The van der Waals surface area contributed by atoms with Crippen molar-refractivity contribution >= 4 is 5.69 Å². The summed E-state index contributed by atoms with van der Waals surface area (Å²) in [5, 5.41) is 11.0. The first-order valence-corrected chi connectivity index (χ1v) is 6.12. The fourth-order valence-corrected chi connectivity index (χ4v) is 1.77. The molecule has 0 radical (unpaired) electrons. The van der Waals surface area contributed by atoms with Gasteiger partial charge in [-0.25, -0.2) is 0 Å². The van der Waals surface area contributed by atoms with Crippen LogP contribution in [-0.2, 0) is 13.2 Å². The second-order valence-corrected chi connectivity index (χ2v) is 4.32. The van der Waals surface area contributed by atoms with Gasteiger partial charge in [0.05, 0.1) is 10.6 Å². The van der Waals surface area contributed by atoms with Gasteiger partial charge in [0, 0.05) is 18.8 Å². The van der Waals surface area contributed by atoms with Gasteiger partial charge in [-0.05, 0) is 30.2 Å². The molecular weight excluding hydrogens is 258 g/mol. The molecule has 0 saturated carbocycles. The number of aryl methyl sites for hydroxylation is 1. The molecule has 0 unspecified atom stereocenters. The van der Waals surface area contributed by atoms with Gasteiger partial charge in [0.25, 0.3) is 0 Å². The molecule has 2 N–H and O–H groups in total. The first-order chi connectivity index (χ1) is 9.61. The lowest BCUT2D eigenvalue weighted by molar-refractivity contribution is -0.386. The van der Waals surface area contributed by atoms with E-state index in [1.807, 2.05) is 19.1 Å². The molecule has 0 saturated heterocycles. The Balaban J connectivity index is 2.24. The highest BCUT2D eigenvalue weighted by Crippen LogP contribution is 2.28. The summed E-state index contributed by atoms with van der Waals surface area (Å²) in [5.41, 5.74) is 7.97. The van der Waals surface area contributed by atoms with Gasteiger partial charge < -0.3 is 10.5 Å². The second kappa shape index (κ2) is 6.12. The normalized spacial score (nSPS) is 10.3. The molecule has 0 atom stereocenters. The van der Waals surface area contributed by atoms with Crippen molar-refractivity contribution in [2.75, 3.05) is 0 Å². The summed E-state index contributed by atoms with van der Waals surface area (Å²) in [4.78, 5) is 14.7. The lowest BCUT2D eigenvalue weighted by Crippen LogP contribution is -2.04. The zero-order chi connectivity index (χ0) is 14.5. The van der Waals surface area contributed by atoms with Gasteiger partial charge in [0.2, 0.25) is 0 Å². The van der Waals surface area contributed by atoms with Gasteiger partial charge in [0.1, 0.15) is 6.61 Å². The fourth-order valence-electron chi connectivity index (χ4n) is 1.77. The molecule has 1 aromatic carbocycles. The maximum absolute atomic E-state index is 11.0. The van der Waals surface area contributed by atoms with Crippen LogP contribution in [0.5, 0.6) is 5.75 Å². The van der Waals surface area contributed by atoms with Crippen LogP contribution >= 0.6 is 0 Å². The first-order valence-electron chi connectivity index (χ1n) is 6.12. The summed E-state index contributed by atoms with van der Waals surface area (Å²) in [5.74, 6) is 0.211. The highest BCUT2D eigenvalue weighted by Gasteiger charge is 2.16. The number of ether oxygens (including phenoxy) is 1. The van der Waals surface area contributed by atoms with Gasteiger partial charge in [-0.3, -0.25) is 15.1 Å². The molecule has 0 aliphatic carbocycles. The van der Waals surface area contributed by atoms with E-state index in [1.165, 1.54) is 6.07 Å². The molecule has 20 heavy (non-hydrogen) atoms. The summed E-state index contributed by atoms with van der Waals surface area (Å²) in [6.45, 7) is 2.40. The lowest BCUT2D eigenvalue weighted by Gasteiger charge is -2.09. The SMILES string of the molecule is Cc1cccnc1COc1cc(CN)ccc1[N+](=O)[O-]. The largest absolute Gasteiger partial charge is 0.480 e. The summed E-state index contributed by atoms with van der Waals surface area (Å²) < 4.78 is 5.55. The predicted molar refractivity (Wildman–Crippen MR) is 74.3 cm³/mol.